The van der Waals surface area contributed by atoms with Gasteiger partial charge in [-0.05, 0) is 54.5 Å². The molecule has 114 valence electrons. The second-order valence-corrected chi connectivity index (χ2v) is 5.87. The number of allylic oxidation sites excluding steroid dienone is 3. The first-order chi connectivity index (χ1) is 10.7. The predicted octanol–water partition coefficient (Wildman–Crippen LogP) is 6.59. The molecule has 0 N–H and O–H groups in total. The van der Waals surface area contributed by atoms with Crippen molar-refractivity contribution in [1.29, 1.82) is 0 Å². The minimum Gasteiger partial charge on any atom is -0.103 e. The van der Waals surface area contributed by atoms with Gasteiger partial charge in [-0.3, -0.25) is 0 Å². The average molecular weight is 290 g/mol. The zero-order valence-corrected chi connectivity index (χ0v) is 14.0. The van der Waals surface area contributed by atoms with Crippen molar-refractivity contribution in [2.24, 2.45) is 0 Å². The fourth-order valence-corrected chi connectivity index (χ4v) is 2.79. The molecule has 0 atom stereocenters. The molecule has 2 aromatic rings. The van der Waals surface area contributed by atoms with Crippen molar-refractivity contribution in [2.45, 2.75) is 40.0 Å². The molecule has 22 heavy (non-hydrogen) atoms. The Morgan fingerprint density at radius 2 is 1.82 bits per heavy atom. The summed E-state index contributed by atoms with van der Waals surface area (Å²) in [7, 11) is 0. The molecule has 0 aliphatic heterocycles. The van der Waals surface area contributed by atoms with Gasteiger partial charge >= 0.3 is 0 Å². The molecule has 0 heterocycles. The second kappa shape index (κ2) is 7.79. The first-order valence-corrected chi connectivity index (χ1v) is 8.14. The Morgan fingerprint density at radius 3 is 2.45 bits per heavy atom. The van der Waals surface area contributed by atoms with Crippen LogP contribution in [0.3, 0.4) is 0 Å². The lowest BCUT2D eigenvalue weighted by Crippen LogP contribution is -1.95. The van der Waals surface area contributed by atoms with Gasteiger partial charge in [0.15, 0.2) is 0 Å². The van der Waals surface area contributed by atoms with E-state index in [1.54, 1.807) is 0 Å². The number of benzene rings is 2. The Hall–Kier alpha value is -2.08. The minimum absolute atomic E-state index is 0.899. The topological polar surface area (TPSA) is 0 Å². The van der Waals surface area contributed by atoms with Crippen LogP contribution < -0.4 is 0 Å². The van der Waals surface area contributed by atoms with Crippen molar-refractivity contribution in [2.75, 3.05) is 0 Å². The molecule has 0 radical (unpaired) electrons. The quantitative estimate of drug-likeness (QED) is 0.526. The summed E-state index contributed by atoms with van der Waals surface area (Å²) in [6, 6.07) is 15.4. The Bertz CT molecular complexity index is 657. The molecule has 0 fully saturated rings. The monoisotopic (exact) mass is 290 g/mol. The number of aryl methyl sites for hydroxylation is 1. The number of rotatable bonds is 6. The van der Waals surface area contributed by atoms with E-state index in [1.807, 2.05) is 6.08 Å². The van der Waals surface area contributed by atoms with Gasteiger partial charge in [0, 0.05) is 0 Å². The van der Waals surface area contributed by atoms with E-state index < -0.39 is 0 Å². The highest BCUT2D eigenvalue weighted by Crippen LogP contribution is 2.31. The van der Waals surface area contributed by atoms with E-state index in [1.165, 1.54) is 39.8 Å². The maximum Gasteiger partial charge on any atom is -0.00879 e. The third kappa shape index (κ3) is 3.76. The highest BCUT2D eigenvalue weighted by molar-refractivity contribution is 5.77. The van der Waals surface area contributed by atoms with Crippen molar-refractivity contribution in [1.82, 2.24) is 0 Å². The zero-order chi connectivity index (χ0) is 15.9. The van der Waals surface area contributed by atoms with Crippen LogP contribution in [-0.2, 0) is 6.42 Å². The van der Waals surface area contributed by atoms with Gasteiger partial charge in [-0.25, -0.2) is 0 Å². The summed E-state index contributed by atoms with van der Waals surface area (Å²) in [5.74, 6) is 0. The molecule has 0 aliphatic carbocycles. The molecule has 0 aromatic heterocycles. The van der Waals surface area contributed by atoms with Gasteiger partial charge in [-0.1, -0.05) is 73.5 Å². The Morgan fingerprint density at radius 1 is 1.09 bits per heavy atom. The molecule has 0 nitrogen and oxygen atoms in total. The lowest BCUT2D eigenvalue weighted by atomic mass is 9.90. The summed E-state index contributed by atoms with van der Waals surface area (Å²) in [5, 5.41) is 0. The van der Waals surface area contributed by atoms with Crippen LogP contribution in [0.1, 0.15) is 43.4 Å². The van der Waals surface area contributed by atoms with Crippen molar-refractivity contribution in [3.8, 4) is 11.1 Å². The highest BCUT2D eigenvalue weighted by atomic mass is 14.1. The van der Waals surface area contributed by atoms with Crippen LogP contribution in [0.2, 0.25) is 0 Å². The van der Waals surface area contributed by atoms with Crippen LogP contribution in [-0.4, -0.2) is 0 Å². The summed E-state index contributed by atoms with van der Waals surface area (Å²) >= 11 is 0. The van der Waals surface area contributed by atoms with Gasteiger partial charge in [0.05, 0.1) is 0 Å². The predicted molar refractivity (Wildman–Crippen MR) is 99.1 cm³/mol. The molecule has 0 spiro atoms. The van der Waals surface area contributed by atoms with E-state index in [2.05, 4.69) is 75.9 Å². The van der Waals surface area contributed by atoms with E-state index >= 15 is 0 Å². The maximum atomic E-state index is 3.95. The smallest absolute Gasteiger partial charge is 0.00879 e. The Labute approximate surface area is 135 Å². The van der Waals surface area contributed by atoms with Gasteiger partial charge in [0.1, 0.15) is 0 Å². The minimum atomic E-state index is 0.899. The first kappa shape index (κ1) is 16.3. The molecule has 0 aliphatic rings. The summed E-state index contributed by atoms with van der Waals surface area (Å²) < 4.78 is 0. The van der Waals surface area contributed by atoms with Crippen LogP contribution in [0.4, 0.5) is 0 Å². The normalized spacial score (nSPS) is 11.5. The van der Waals surface area contributed by atoms with E-state index in [9.17, 15) is 0 Å². The molecular formula is C22H26. The standard InChI is InChI=1S/C22H26/c1-5-7-10-18(4)20-11-8-12-21(22(20)9-6-2)19-15-13-17(3)14-16-19/h6,8,10-16H,2,5,7,9H2,1,3-4H3/b18-10+. The SMILES string of the molecule is C=CCc1c(/C(C)=C/CCC)cccc1-c1ccc(C)cc1. The largest absolute Gasteiger partial charge is 0.103 e. The Kier molecular flexibility index (Phi) is 5.77. The molecule has 0 amide bonds. The summed E-state index contributed by atoms with van der Waals surface area (Å²) in [6.07, 6.45) is 7.57. The molecule has 0 bridgehead atoms. The summed E-state index contributed by atoms with van der Waals surface area (Å²) in [5.41, 5.74) is 8.00. The first-order valence-electron chi connectivity index (χ1n) is 8.14. The van der Waals surface area contributed by atoms with Gasteiger partial charge < -0.3 is 0 Å². The van der Waals surface area contributed by atoms with Crippen molar-refractivity contribution in [3.05, 3.63) is 77.9 Å². The van der Waals surface area contributed by atoms with E-state index in [-0.39, 0.29) is 0 Å². The van der Waals surface area contributed by atoms with Crippen molar-refractivity contribution >= 4 is 5.57 Å². The Balaban J connectivity index is 2.55. The lowest BCUT2D eigenvalue weighted by Gasteiger charge is -2.15. The van der Waals surface area contributed by atoms with E-state index in [0.717, 1.165) is 12.8 Å². The number of hydrogen-bond acceptors (Lipinski definition) is 0. The molecule has 2 aromatic carbocycles. The molecule has 0 heteroatoms. The van der Waals surface area contributed by atoms with Crippen molar-refractivity contribution in [3.63, 3.8) is 0 Å². The third-order valence-electron chi connectivity index (χ3n) is 4.05. The zero-order valence-electron chi connectivity index (χ0n) is 14.0. The maximum absolute atomic E-state index is 3.95. The summed E-state index contributed by atoms with van der Waals surface area (Å²) in [4.78, 5) is 0. The van der Waals surface area contributed by atoms with Crippen LogP contribution in [0.5, 0.6) is 0 Å². The van der Waals surface area contributed by atoms with Crippen LogP contribution >= 0.6 is 0 Å². The van der Waals surface area contributed by atoms with Gasteiger partial charge in [0.2, 0.25) is 0 Å². The molecular weight excluding hydrogens is 264 g/mol. The fourth-order valence-electron chi connectivity index (χ4n) is 2.79. The molecule has 2 rings (SSSR count). The average Bonchev–Trinajstić information content (AvgIpc) is 2.54. The van der Waals surface area contributed by atoms with Crippen molar-refractivity contribution < 1.29 is 0 Å². The summed E-state index contributed by atoms with van der Waals surface area (Å²) in [6.45, 7) is 10.5. The molecule has 0 unspecified atom stereocenters. The highest BCUT2D eigenvalue weighted by Gasteiger charge is 2.10. The van der Waals surface area contributed by atoms with E-state index in [0.29, 0.717) is 0 Å². The van der Waals surface area contributed by atoms with E-state index in [4.69, 9.17) is 0 Å². The molecule has 0 saturated heterocycles. The van der Waals surface area contributed by atoms with Gasteiger partial charge in [0.25, 0.3) is 0 Å². The third-order valence-corrected chi connectivity index (χ3v) is 4.05. The van der Waals surface area contributed by atoms with Crippen LogP contribution in [0, 0.1) is 6.92 Å². The second-order valence-electron chi connectivity index (χ2n) is 5.87. The fraction of sp³-hybridized carbons (Fsp3) is 0.273. The van der Waals surface area contributed by atoms with Gasteiger partial charge in [-0.15, -0.1) is 6.58 Å². The lowest BCUT2D eigenvalue weighted by molar-refractivity contribution is 0.959. The van der Waals surface area contributed by atoms with Crippen LogP contribution in [0.15, 0.2) is 61.2 Å². The van der Waals surface area contributed by atoms with Gasteiger partial charge in [-0.2, -0.15) is 0 Å². The van der Waals surface area contributed by atoms with Crippen LogP contribution in [0.25, 0.3) is 16.7 Å². The molecule has 0 saturated carbocycles. The number of hydrogen-bond donors (Lipinski definition) is 0. The number of unbranched alkanes of at least 4 members (excludes halogenated alkanes) is 1.